The molecule has 2 atom stereocenters. The highest BCUT2D eigenvalue weighted by atomic mass is 16.4. The van der Waals surface area contributed by atoms with Gasteiger partial charge in [-0.25, -0.2) is 9.59 Å². The van der Waals surface area contributed by atoms with E-state index in [0.717, 1.165) is 0 Å². The van der Waals surface area contributed by atoms with Crippen molar-refractivity contribution in [2.75, 3.05) is 13.1 Å². The third kappa shape index (κ3) is 3.09. The Bertz CT molecular complexity index is 256. The van der Waals surface area contributed by atoms with E-state index < -0.39 is 24.1 Å². The van der Waals surface area contributed by atoms with Crippen molar-refractivity contribution in [2.24, 2.45) is 0 Å². The monoisotopic (exact) mass is 216 g/mol. The van der Waals surface area contributed by atoms with E-state index in [9.17, 15) is 14.7 Å². The van der Waals surface area contributed by atoms with Crippen LogP contribution in [0.4, 0.5) is 4.79 Å². The molecule has 0 aromatic heterocycles. The molecule has 0 saturated carbocycles. The van der Waals surface area contributed by atoms with Gasteiger partial charge in [-0.15, -0.1) is 0 Å². The standard InChI is InChI=1S/C9H16N2O4/c1-2-7(8(13)14)10-9(15)11-4-3-6(12)5-11/h6-7,12H,2-5H2,1H3,(H,10,15)(H,13,14)/t6?,7-/m0/s1. The van der Waals surface area contributed by atoms with E-state index in [-0.39, 0.29) is 6.54 Å². The lowest BCUT2D eigenvalue weighted by Crippen LogP contribution is -2.47. The van der Waals surface area contributed by atoms with Crippen LogP contribution in [0, 0.1) is 0 Å². The van der Waals surface area contributed by atoms with Crippen LogP contribution in [0.3, 0.4) is 0 Å². The number of nitrogens with one attached hydrogen (secondary N) is 1. The largest absolute Gasteiger partial charge is 0.480 e. The first-order chi connectivity index (χ1) is 7.04. The number of rotatable bonds is 3. The van der Waals surface area contributed by atoms with Gasteiger partial charge in [0.2, 0.25) is 0 Å². The van der Waals surface area contributed by atoms with Crippen LogP contribution in [0.2, 0.25) is 0 Å². The Morgan fingerprint density at radius 2 is 2.27 bits per heavy atom. The lowest BCUT2D eigenvalue weighted by molar-refractivity contribution is -0.139. The van der Waals surface area contributed by atoms with E-state index in [1.54, 1.807) is 6.92 Å². The summed E-state index contributed by atoms with van der Waals surface area (Å²) in [7, 11) is 0. The minimum Gasteiger partial charge on any atom is -0.480 e. The summed E-state index contributed by atoms with van der Waals surface area (Å²) in [5, 5.41) is 20.4. The minimum atomic E-state index is -1.04. The molecule has 0 bridgehead atoms. The van der Waals surface area contributed by atoms with Gasteiger partial charge in [-0.1, -0.05) is 6.92 Å². The summed E-state index contributed by atoms with van der Waals surface area (Å²) in [6.45, 7) is 2.45. The number of carboxylic acids is 1. The first-order valence-corrected chi connectivity index (χ1v) is 5.01. The van der Waals surface area contributed by atoms with E-state index in [1.807, 2.05) is 0 Å². The normalized spacial score (nSPS) is 22.5. The molecule has 1 aliphatic rings. The molecule has 0 aromatic carbocycles. The van der Waals surface area contributed by atoms with Crippen LogP contribution in [0.1, 0.15) is 19.8 Å². The van der Waals surface area contributed by atoms with Gasteiger partial charge in [0.1, 0.15) is 6.04 Å². The molecule has 6 heteroatoms. The molecule has 1 fully saturated rings. The maximum atomic E-state index is 11.5. The number of nitrogens with zero attached hydrogens (tertiary/aromatic N) is 1. The van der Waals surface area contributed by atoms with Crippen LogP contribution in [0.15, 0.2) is 0 Å². The van der Waals surface area contributed by atoms with Gasteiger partial charge >= 0.3 is 12.0 Å². The Hall–Kier alpha value is -1.30. The Morgan fingerprint density at radius 1 is 1.60 bits per heavy atom. The fourth-order valence-corrected chi connectivity index (χ4v) is 1.51. The van der Waals surface area contributed by atoms with E-state index >= 15 is 0 Å². The first kappa shape index (κ1) is 11.8. The number of urea groups is 1. The molecule has 6 nitrogen and oxygen atoms in total. The van der Waals surface area contributed by atoms with E-state index in [2.05, 4.69) is 5.32 Å². The van der Waals surface area contributed by atoms with Gasteiger partial charge in [0.25, 0.3) is 0 Å². The maximum absolute atomic E-state index is 11.5. The lowest BCUT2D eigenvalue weighted by atomic mass is 10.2. The van der Waals surface area contributed by atoms with Crippen LogP contribution in [0.25, 0.3) is 0 Å². The quantitative estimate of drug-likeness (QED) is 0.600. The molecule has 3 N–H and O–H groups in total. The zero-order valence-corrected chi connectivity index (χ0v) is 8.64. The van der Waals surface area contributed by atoms with Gasteiger partial charge in [0.05, 0.1) is 6.10 Å². The molecule has 1 unspecified atom stereocenters. The topological polar surface area (TPSA) is 89.9 Å². The number of hydrogen-bond acceptors (Lipinski definition) is 3. The Balaban J connectivity index is 2.44. The van der Waals surface area contributed by atoms with E-state index in [1.165, 1.54) is 4.90 Å². The summed E-state index contributed by atoms with van der Waals surface area (Å²) in [6, 6.07) is -1.27. The van der Waals surface area contributed by atoms with Gasteiger partial charge in [-0.05, 0) is 12.8 Å². The van der Waals surface area contributed by atoms with Crippen LogP contribution in [-0.2, 0) is 4.79 Å². The van der Waals surface area contributed by atoms with Gasteiger partial charge in [-0.3, -0.25) is 0 Å². The van der Waals surface area contributed by atoms with E-state index in [0.29, 0.717) is 19.4 Å². The van der Waals surface area contributed by atoms with Crippen molar-refractivity contribution in [3.8, 4) is 0 Å². The fourth-order valence-electron chi connectivity index (χ4n) is 1.51. The summed E-state index contributed by atoms with van der Waals surface area (Å²) >= 11 is 0. The molecule has 1 heterocycles. The highest BCUT2D eigenvalue weighted by Gasteiger charge is 2.27. The van der Waals surface area contributed by atoms with Crippen molar-refractivity contribution >= 4 is 12.0 Å². The SMILES string of the molecule is CC[C@H](NC(=O)N1CCC(O)C1)C(=O)O. The van der Waals surface area contributed by atoms with E-state index in [4.69, 9.17) is 5.11 Å². The number of hydrogen-bond donors (Lipinski definition) is 3. The Labute approximate surface area is 87.9 Å². The van der Waals surface area contributed by atoms with Crippen LogP contribution in [-0.4, -0.2) is 52.3 Å². The molecular weight excluding hydrogens is 200 g/mol. The van der Waals surface area contributed by atoms with Crippen molar-refractivity contribution in [3.05, 3.63) is 0 Å². The van der Waals surface area contributed by atoms with Crippen LogP contribution in [0.5, 0.6) is 0 Å². The second-order valence-corrected chi connectivity index (χ2v) is 3.64. The van der Waals surface area contributed by atoms with Crippen molar-refractivity contribution < 1.29 is 19.8 Å². The molecule has 0 aromatic rings. The second-order valence-electron chi connectivity index (χ2n) is 3.64. The minimum absolute atomic E-state index is 0.280. The van der Waals surface area contributed by atoms with Gasteiger partial charge in [0.15, 0.2) is 0 Å². The molecule has 2 amide bonds. The number of amides is 2. The number of aliphatic hydroxyl groups excluding tert-OH is 1. The van der Waals surface area contributed by atoms with Gasteiger partial charge in [-0.2, -0.15) is 0 Å². The number of β-amino-alcohol motifs (C(OH)–C–C–N with tert-alkyl or cyclic N) is 1. The number of carbonyl (C=O) groups excluding carboxylic acids is 1. The molecule has 86 valence electrons. The van der Waals surface area contributed by atoms with Crippen molar-refractivity contribution in [1.29, 1.82) is 0 Å². The third-order valence-corrected chi connectivity index (χ3v) is 2.45. The van der Waals surface area contributed by atoms with Crippen LogP contribution >= 0.6 is 0 Å². The molecule has 15 heavy (non-hydrogen) atoms. The van der Waals surface area contributed by atoms with Gasteiger partial charge < -0.3 is 20.4 Å². The molecular formula is C9H16N2O4. The first-order valence-electron chi connectivity index (χ1n) is 5.01. The summed E-state index contributed by atoms with van der Waals surface area (Å²) in [6.07, 6.45) is 0.412. The lowest BCUT2D eigenvalue weighted by Gasteiger charge is -2.19. The van der Waals surface area contributed by atoms with Crippen molar-refractivity contribution in [3.63, 3.8) is 0 Å². The number of aliphatic hydroxyl groups is 1. The highest BCUT2D eigenvalue weighted by Crippen LogP contribution is 2.08. The van der Waals surface area contributed by atoms with Crippen molar-refractivity contribution in [1.82, 2.24) is 10.2 Å². The molecule has 0 radical (unpaired) electrons. The summed E-state index contributed by atoms with van der Waals surface area (Å²) < 4.78 is 0. The Morgan fingerprint density at radius 3 is 2.67 bits per heavy atom. The van der Waals surface area contributed by atoms with Gasteiger partial charge in [0, 0.05) is 13.1 Å². The molecule has 1 rings (SSSR count). The average molecular weight is 216 g/mol. The number of aliphatic carboxylic acids is 1. The summed E-state index contributed by atoms with van der Waals surface area (Å²) in [5.74, 6) is -1.04. The summed E-state index contributed by atoms with van der Waals surface area (Å²) in [4.78, 5) is 23.6. The Kier molecular flexibility index (Phi) is 3.90. The predicted molar refractivity (Wildman–Crippen MR) is 52.4 cm³/mol. The molecule has 0 aliphatic carbocycles. The molecule has 0 spiro atoms. The highest BCUT2D eigenvalue weighted by molar-refractivity contribution is 5.82. The third-order valence-electron chi connectivity index (χ3n) is 2.45. The number of likely N-dealkylation sites (tertiary alicyclic amines) is 1. The molecule has 1 saturated heterocycles. The predicted octanol–water partition coefficient (Wildman–Crippen LogP) is -0.374. The van der Waals surface area contributed by atoms with Crippen molar-refractivity contribution in [2.45, 2.75) is 31.9 Å². The fraction of sp³-hybridized carbons (Fsp3) is 0.778. The molecule has 1 aliphatic heterocycles. The second kappa shape index (κ2) is 4.97. The maximum Gasteiger partial charge on any atom is 0.326 e. The zero-order chi connectivity index (χ0) is 11.4. The zero-order valence-electron chi connectivity index (χ0n) is 8.64. The number of carboxylic acid groups (broad SMARTS) is 1. The average Bonchev–Trinajstić information content (AvgIpc) is 2.60. The smallest absolute Gasteiger partial charge is 0.326 e. The van der Waals surface area contributed by atoms with Crippen LogP contribution < -0.4 is 5.32 Å². The number of carbonyl (C=O) groups is 2. The summed E-state index contributed by atoms with van der Waals surface area (Å²) in [5.41, 5.74) is 0.